The Morgan fingerprint density at radius 3 is 2.13 bits per heavy atom. The molecule has 1 saturated heterocycles. The fourth-order valence-corrected chi connectivity index (χ4v) is 3.60. The van der Waals surface area contributed by atoms with E-state index in [9.17, 15) is 19.7 Å². The molecule has 0 aromatic heterocycles. The lowest BCUT2D eigenvalue weighted by Crippen LogP contribution is -2.51. The smallest absolute Gasteiger partial charge is 0.272 e. The first kappa shape index (κ1) is 22.3. The molecule has 0 atom stereocenters. The number of anilines is 2. The average molecular weight is 425 g/mol. The van der Waals surface area contributed by atoms with Gasteiger partial charge in [-0.1, -0.05) is 20.8 Å². The lowest BCUT2D eigenvalue weighted by molar-refractivity contribution is -0.385. The van der Waals surface area contributed by atoms with Gasteiger partial charge in [0.25, 0.3) is 11.6 Å². The Labute approximate surface area is 182 Å². The number of amides is 2. The van der Waals surface area contributed by atoms with Crippen LogP contribution < -0.4 is 10.2 Å². The normalized spacial score (nSPS) is 14.3. The third kappa shape index (κ3) is 5.20. The van der Waals surface area contributed by atoms with Gasteiger partial charge in [-0.3, -0.25) is 19.7 Å². The number of carbonyl (C=O) groups is 2. The number of nitrogens with zero attached hydrogens (tertiary/aromatic N) is 3. The Morgan fingerprint density at radius 2 is 1.61 bits per heavy atom. The standard InChI is InChI=1S/C23H28N4O4/c1-16-15-17(5-10-20(16)27(30)31)21(28)24-18-6-8-19(9-7-18)25-11-13-26(14-12-25)22(29)23(2,3)4/h5-10,15H,11-14H2,1-4H3,(H,24,28). The maximum Gasteiger partial charge on any atom is 0.272 e. The van der Waals surface area contributed by atoms with Gasteiger partial charge in [-0.05, 0) is 43.3 Å². The van der Waals surface area contributed by atoms with Crippen molar-refractivity contribution in [2.45, 2.75) is 27.7 Å². The molecular formula is C23H28N4O4. The molecule has 0 radical (unpaired) electrons. The fraction of sp³-hybridized carbons (Fsp3) is 0.391. The summed E-state index contributed by atoms with van der Waals surface area (Å²) in [7, 11) is 0. The van der Waals surface area contributed by atoms with Crippen molar-refractivity contribution in [3.05, 3.63) is 63.7 Å². The number of aryl methyl sites for hydroxylation is 1. The van der Waals surface area contributed by atoms with E-state index in [1.165, 1.54) is 18.2 Å². The zero-order chi connectivity index (χ0) is 22.8. The van der Waals surface area contributed by atoms with Gasteiger partial charge in [-0.25, -0.2) is 0 Å². The highest BCUT2D eigenvalue weighted by Gasteiger charge is 2.29. The predicted octanol–water partition coefficient (Wildman–Crippen LogP) is 3.85. The van der Waals surface area contributed by atoms with Gasteiger partial charge in [0.15, 0.2) is 0 Å². The van der Waals surface area contributed by atoms with E-state index >= 15 is 0 Å². The van der Waals surface area contributed by atoms with E-state index in [0.29, 0.717) is 29.9 Å². The molecule has 2 aromatic rings. The monoisotopic (exact) mass is 424 g/mol. The van der Waals surface area contributed by atoms with Crippen LogP contribution in [0, 0.1) is 22.5 Å². The number of nitro groups is 1. The second-order valence-electron chi connectivity index (χ2n) is 8.79. The molecule has 0 spiro atoms. The molecule has 1 aliphatic heterocycles. The second-order valence-corrected chi connectivity index (χ2v) is 8.79. The number of rotatable bonds is 4. The average Bonchev–Trinajstić information content (AvgIpc) is 2.73. The third-order valence-electron chi connectivity index (χ3n) is 5.35. The van der Waals surface area contributed by atoms with E-state index in [2.05, 4.69) is 10.2 Å². The first-order chi connectivity index (χ1) is 14.6. The van der Waals surface area contributed by atoms with Crippen LogP contribution >= 0.6 is 0 Å². The molecule has 1 fully saturated rings. The maximum atomic E-state index is 12.5. The quantitative estimate of drug-likeness (QED) is 0.594. The van der Waals surface area contributed by atoms with Crippen LogP contribution in [0.15, 0.2) is 42.5 Å². The summed E-state index contributed by atoms with van der Waals surface area (Å²) in [6.07, 6.45) is 0. The molecule has 0 bridgehead atoms. The number of nitrogens with one attached hydrogen (secondary N) is 1. The summed E-state index contributed by atoms with van der Waals surface area (Å²) in [5.41, 5.74) is 2.11. The van der Waals surface area contributed by atoms with Gasteiger partial charge in [0.2, 0.25) is 5.91 Å². The van der Waals surface area contributed by atoms with Gasteiger partial charge < -0.3 is 15.1 Å². The molecule has 0 unspecified atom stereocenters. The summed E-state index contributed by atoms with van der Waals surface area (Å²) in [6, 6.07) is 11.9. The van der Waals surface area contributed by atoms with Crippen LogP contribution in [-0.4, -0.2) is 47.8 Å². The summed E-state index contributed by atoms with van der Waals surface area (Å²) >= 11 is 0. The number of benzene rings is 2. The van der Waals surface area contributed by atoms with Gasteiger partial charge in [0, 0.05) is 60.2 Å². The highest BCUT2D eigenvalue weighted by Crippen LogP contribution is 2.24. The van der Waals surface area contributed by atoms with Crippen molar-refractivity contribution in [1.29, 1.82) is 0 Å². The summed E-state index contributed by atoms with van der Waals surface area (Å²) in [4.78, 5) is 39.5. The van der Waals surface area contributed by atoms with Crippen LogP contribution in [0.25, 0.3) is 0 Å². The molecule has 8 nitrogen and oxygen atoms in total. The molecule has 164 valence electrons. The van der Waals surface area contributed by atoms with Crippen molar-refractivity contribution in [3.8, 4) is 0 Å². The molecule has 1 N–H and O–H groups in total. The first-order valence-electron chi connectivity index (χ1n) is 10.3. The lowest BCUT2D eigenvalue weighted by Gasteiger charge is -2.38. The zero-order valence-corrected chi connectivity index (χ0v) is 18.3. The van der Waals surface area contributed by atoms with E-state index in [0.717, 1.165) is 18.8 Å². The molecule has 0 aliphatic carbocycles. The molecule has 0 saturated carbocycles. The summed E-state index contributed by atoms with van der Waals surface area (Å²) in [5, 5.41) is 13.8. The zero-order valence-electron chi connectivity index (χ0n) is 18.3. The largest absolute Gasteiger partial charge is 0.368 e. The van der Waals surface area contributed by atoms with Crippen molar-refractivity contribution in [1.82, 2.24) is 4.90 Å². The summed E-state index contributed by atoms with van der Waals surface area (Å²) in [6.45, 7) is 10.3. The minimum Gasteiger partial charge on any atom is -0.368 e. The molecule has 1 heterocycles. The van der Waals surface area contributed by atoms with Crippen LogP contribution in [0.5, 0.6) is 0 Å². The molecule has 3 rings (SSSR count). The lowest BCUT2D eigenvalue weighted by atomic mass is 9.94. The van der Waals surface area contributed by atoms with Gasteiger partial charge >= 0.3 is 0 Å². The van der Waals surface area contributed by atoms with Crippen molar-refractivity contribution in [3.63, 3.8) is 0 Å². The van der Waals surface area contributed by atoms with Crippen molar-refractivity contribution in [2.75, 3.05) is 36.4 Å². The Morgan fingerprint density at radius 1 is 1.00 bits per heavy atom. The molecule has 1 aliphatic rings. The third-order valence-corrected chi connectivity index (χ3v) is 5.35. The second kappa shape index (κ2) is 8.75. The number of piperazine rings is 1. The van der Waals surface area contributed by atoms with E-state index in [4.69, 9.17) is 0 Å². The van der Waals surface area contributed by atoms with Gasteiger partial charge in [0.05, 0.1) is 4.92 Å². The molecule has 2 amide bonds. The van der Waals surface area contributed by atoms with Crippen LogP contribution in [0.4, 0.5) is 17.1 Å². The Bertz CT molecular complexity index is 988. The number of nitro benzene ring substituents is 1. The summed E-state index contributed by atoms with van der Waals surface area (Å²) in [5.74, 6) is -0.147. The van der Waals surface area contributed by atoms with Gasteiger partial charge in [-0.2, -0.15) is 0 Å². The number of carbonyl (C=O) groups excluding carboxylic acids is 2. The van der Waals surface area contributed by atoms with Crippen molar-refractivity contribution >= 4 is 28.9 Å². The van der Waals surface area contributed by atoms with Crippen molar-refractivity contribution in [2.24, 2.45) is 5.41 Å². The number of hydrogen-bond acceptors (Lipinski definition) is 5. The Balaban J connectivity index is 1.60. The minimum absolute atomic E-state index is 0.00907. The first-order valence-corrected chi connectivity index (χ1v) is 10.3. The minimum atomic E-state index is -0.464. The van der Waals surface area contributed by atoms with Gasteiger partial charge in [-0.15, -0.1) is 0 Å². The topological polar surface area (TPSA) is 95.8 Å². The Hall–Kier alpha value is -3.42. The predicted molar refractivity (Wildman–Crippen MR) is 120 cm³/mol. The summed E-state index contributed by atoms with van der Waals surface area (Å²) < 4.78 is 0. The maximum absolute atomic E-state index is 12.5. The van der Waals surface area contributed by atoms with Crippen LogP contribution in [0.2, 0.25) is 0 Å². The highest BCUT2D eigenvalue weighted by molar-refractivity contribution is 6.04. The highest BCUT2D eigenvalue weighted by atomic mass is 16.6. The van der Waals surface area contributed by atoms with Crippen LogP contribution in [-0.2, 0) is 4.79 Å². The Kier molecular flexibility index (Phi) is 6.29. The molecular weight excluding hydrogens is 396 g/mol. The fourth-order valence-electron chi connectivity index (χ4n) is 3.60. The van der Waals surface area contributed by atoms with E-state index in [-0.39, 0.29) is 22.9 Å². The van der Waals surface area contributed by atoms with E-state index in [1.807, 2.05) is 49.9 Å². The van der Waals surface area contributed by atoms with Crippen LogP contribution in [0.1, 0.15) is 36.7 Å². The molecule has 2 aromatic carbocycles. The molecule has 31 heavy (non-hydrogen) atoms. The van der Waals surface area contributed by atoms with E-state index in [1.54, 1.807) is 6.92 Å². The van der Waals surface area contributed by atoms with Gasteiger partial charge in [0.1, 0.15) is 0 Å². The number of hydrogen-bond donors (Lipinski definition) is 1. The van der Waals surface area contributed by atoms with Crippen molar-refractivity contribution < 1.29 is 14.5 Å². The van der Waals surface area contributed by atoms with Crippen LogP contribution in [0.3, 0.4) is 0 Å². The van der Waals surface area contributed by atoms with E-state index < -0.39 is 4.92 Å². The molecule has 8 heteroatoms. The SMILES string of the molecule is Cc1cc(C(=O)Nc2ccc(N3CCN(C(=O)C(C)(C)C)CC3)cc2)ccc1[N+](=O)[O-].